The third-order valence-electron chi connectivity index (χ3n) is 4.53. The van der Waals surface area contributed by atoms with Crippen LogP contribution < -0.4 is 14.8 Å². The van der Waals surface area contributed by atoms with Gasteiger partial charge in [0.2, 0.25) is 0 Å². The summed E-state index contributed by atoms with van der Waals surface area (Å²) in [7, 11) is 5.03. The molecular weight excluding hydrogens is 368 g/mol. The van der Waals surface area contributed by atoms with Crippen molar-refractivity contribution < 1.29 is 14.2 Å². The molecular formula is C19H24N2O3S2. The molecule has 0 amide bonds. The fourth-order valence-corrected chi connectivity index (χ4v) is 4.43. The lowest BCUT2D eigenvalue weighted by atomic mass is 9.91. The Morgan fingerprint density at radius 3 is 2.69 bits per heavy atom. The van der Waals surface area contributed by atoms with Crippen molar-refractivity contribution >= 4 is 28.7 Å². The summed E-state index contributed by atoms with van der Waals surface area (Å²) in [6.07, 6.45) is 0.906. The van der Waals surface area contributed by atoms with E-state index in [0.717, 1.165) is 29.6 Å². The van der Waals surface area contributed by atoms with Crippen LogP contribution in [0.4, 0.5) is 0 Å². The van der Waals surface area contributed by atoms with E-state index in [1.165, 1.54) is 16.0 Å². The van der Waals surface area contributed by atoms with Gasteiger partial charge in [0.1, 0.15) is 0 Å². The molecule has 0 unspecified atom stereocenters. The summed E-state index contributed by atoms with van der Waals surface area (Å²) in [5.41, 5.74) is 2.49. The summed E-state index contributed by atoms with van der Waals surface area (Å²) < 4.78 is 16.1. The lowest BCUT2D eigenvalue weighted by molar-refractivity contribution is 0.202. The lowest BCUT2D eigenvalue weighted by Crippen LogP contribution is -2.46. The first-order chi connectivity index (χ1) is 12.7. The Bertz CT molecular complexity index is 749. The molecule has 0 radical (unpaired) electrons. The number of methoxy groups -OCH3 is 3. The average molecular weight is 393 g/mol. The van der Waals surface area contributed by atoms with Crippen molar-refractivity contribution in [2.45, 2.75) is 12.5 Å². The molecule has 1 N–H and O–H groups in total. The summed E-state index contributed by atoms with van der Waals surface area (Å²) in [6.45, 7) is 2.17. The molecule has 0 spiro atoms. The van der Waals surface area contributed by atoms with E-state index in [0.29, 0.717) is 13.2 Å². The third kappa shape index (κ3) is 3.79. The quantitative estimate of drug-likeness (QED) is 0.601. The Balaban J connectivity index is 1.98. The third-order valence-corrected chi connectivity index (χ3v) is 5.83. The zero-order valence-corrected chi connectivity index (χ0v) is 16.9. The number of thiophene rings is 1. The highest BCUT2D eigenvalue weighted by molar-refractivity contribution is 7.80. The van der Waals surface area contributed by atoms with Gasteiger partial charge in [-0.25, -0.2) is 0 Å². The second-order valence-corrected chi connectivity index (χ2v) is 7.36. The van der Waals surface area contributed by atoms with Crippen molar-refractivity contribution in [2.75, 3.05) is 41.0 Å². The van der Waals surface area contributed by atoms with Gasteiger partial charge in [0, 0.05) is 25.1 Å². The van der Waals surface area contributed by atoms with Gasteiger partial charge in [-0.15, -0.1) is 11.3 Å². The number of nitrogens with one attached hydrogen (secondary N) is 1. The van der Waals surface area contributed by atoms with E-state index >= 15 is 0 Å². The van der Waals surface area contributed by atoms with E-state index in [1.54, 1.807) is 32.7 Å². The zero-order valence-electron chi connectivity index (χ0n) is 15.3. The highest BCUT2D eigenvalue weighted by Gasteiger charge is 2.32. The van der Waals surface area contributed by atoms with Crippen LogP contribution in [0.2, 0.25) is 0 Å². The molecule has 2 aromatic rings. The topological polar surface area (TPSA) is 43.0 Å². The number of fused-ring (bicyclic) bond motifs is 1. The maximum atomic E-state index is 5.69. The second kappa shape index (κ2) is 8.70. The summed E-state index contributed by atoms with van der Waals surface area (Å²) in [6, 6.07) is 8.48. The Kier molecular flexibility index (Phi) is 6.34. The number of hydrogen-bond acceptors (Lipinski definition) is 5. The van der Waals surface area contributed by atoms with Crippen LogP contribution in [-0.4, -0.2) is 51.0 Å². The van der Waals surface area contributed by atoms with Crippen molar-refractivity contribution in [3.05, 3.63) is 45.6 Å². The number of nitrogens with zero attached hydrogens (tertiary/aromatic N) is 1. The fraction of sp³-hybridized carbons (Fsp3) is 0.421. The molecule has 0 aliphatic carbocycles. The Labute approximate surface area is 163 Å². The van der Waals surface area contributed by atoms with Crippen molar-refractivity contribution in [3.8, 4) is 11.5 Å². The van der Waals surface area contributed by atoms with Crippen LogP contribution in [0, 0.1) is 0 Å². The van der Waals surface area contributed by atoms with Gasteiger partial charge in [0.25, 0.3) is 0 Å². The molecule has 0 saturated carbocycles. The molecule has 3 rings (SSSR count). The average Bonchev–Trinajstić information content (AvgIpc) is 3.20. The smallest absolute Gasteiger partial charge is 0.169 e. The predicted molar refractivity (Wildman–Crippen MR) is 109 cm³/mol. The van der Waals surface area contributed by atoms with Crippen LogP contribution in [0.3, 0.4) is 0 Å². The predicted octanol–water partition coefficient (Wildman–Crippen LogP) is 3.23. The number of thiocarbonyl (C=S) groups is 1. The monoisotopic (exact) mass is 392 g/mol. The van der Waals surface area contributed by atoms with Crippen LogP contribution in [0.25, 0.3) is 0 Å². The second-order valence-electron chi connectivity index (χ2n) is 5.99. The van der Waals surface area contributed by atoms with Gasteiger partial charge in [-0.2, -0.15) is 0 Å². The van der Waals surface area contributed by atoms with Gasteiger partial charge in [0.15, 0.2) is 16.6 Å². The molecule has 7 heteroatoms. The Hall–Kier alpha value is -1.83. The van der Waals surface area contributed by atoms with Crippen molar-refractivity contribution in [3.63, 3.8) is 0 Å². The number of rotatable bonds is 6. The van der Waals surface area contributed by atoms with E-state index in [9.17, 15) is 0 Å². The van der Waals surface area contributed by atoms with Gasteiger partial charge in [-0.05, 0) is 53.3 Å². The summed E-state index contributed by atoms with van der Waals surface area (Å²) >= 11 is 7.43. The SMILES string of the molecule is COCCNC(=S)N1CCc2cc(OC)c(OC)cc2[C@@H]1c1cccs1. The molecule has 0 saturated heterocycles. The molecule has 0 bridgehead atoms. The van der Waals surface area contributed by atoms with Gasteiger partial charge >= 0.3 is 0 Å². The maximum Gasteiger partial charge on any atom is 0.169 e. The highest BCUT2D eigenvalue weighted by atomic mass is 32.1. The van der Waals surface area contributed by atoms with Gasteiger partial charge in [-0.3, -0.25) is 0 Å². The highest BCUT2D eigenvalue weighted by Crippen LogP contribution is 2.42. The molecule has 2 heterocycles. The van der Waals surface area contributed by atoms with E-state index in [2.05, 4.69) is 39.9 Å². The zero-order chi connectivity index (χ0) is 18.5. The molecule has 5 nitrogen and oxygen atoms in total. The van der Waals surface area contributed by atoms with Crippen LogP contribution in [0.1, 0.15) is 22.0 Å². The molecule has 1 aliphatic heterocycles. The maximum absolute atomic E-state index is 5.69. The van der Waals surface area contributed by atoms with E-state index < -0.39 is 0 Å². The van der Waals surface area contributed by atoms with Gasteiger partial charge < -0.3 is 24.4 Å². The van der Waals surface area contributed by atoms with E-state index in [4.69, 9.17) is 26.4 Å². The molecule has 1 aromatic heterocycles. The Morgan fingerprint density at radius 1 is 1.27 bits per heavy atom. The standard InChI is InChI=1S/C19H24N2O3S2/c1-22-9-7-20-19(25)21-8-6-13-11-15(23-2)16(24-3)12-14(13)18(21)17-5-4-10-26-17/h4-5,10-12,18H,6-9H2,1-3H3,(H,20,25)/t18-/m1/s1. The minimum atomic E-state index is 0.0705. The first-order valence-electron chi connectivity index (χ1n) is 8.51. The first-order valence-corrected chi connectivity index (χ1v) is 9.80. The van der Waals surface area contributed by atoms with Gasteiger partial charge in [-0.1, -0.05) is 6.07 Å². The van der Waals surface area contributed by atoms with Gasteiger partial charge in [0.05, 0.1) is 26.9 Å². The fourth-order valence-electron chi connectivity index (χ4n) is 3.28. The molecule has 0 fully saturated rings. The number of ether oxygens (including phenoxy) is 3. The molecule has 1 aliphatic rings. The molecule has 1 aromatic carbocycles. The van der Waals surface area contributed by atoms with Crippen LogP contribution in [0.15, 0.2) is 29.6 Å². The molecule has 1 atom stereocenters. The number of benzene rings is 1. The largest absolute Gasteiger partial charge is 0.493 e. The number of hydrogen-bond donors (Lipinski definition) is 1. The minimum absolute atomic E-state index is 0.0705. The van der Waals surface area contributed by atoms with Crippen molar-refractivity contribution in [1.82, 2.24) is 10.2 Å². The first kappa shape index (κ1) is 18.9. The van der Waals surface area contributed by atoms with Crippen LogP contribution in [0.5, 0.6) is 11.5 Å². The van der Waals surface area contributed by atoms with Crippen LogP contribution >= 0.6 is 23.6 Å². The van der Waals surface area contributed by atoms with Crippen LogP contribution in [-0.2, 0) is 11.2 Å². The summed E-state index contributed by atoms with van der Waals surface area (Å²) in [4.78, 5) is 3.51. The van der Waals surface area contributed by atoms with E-state index in [-0.39, 0.29) is 6.04 Å². The van der Waals surface area contributed by atoms with E-state index in [1.807, 2.05) is 0 Å². The summed E-state index contributed by atoms with van der Waals surface area (Å²) in [5.74, 6) is 1.51. The van der Waals surface area contributed by atoms with Crippen molar-refractivity contribution in [2.24, 2.45) is 0 Å². The normalized spacial score (nSPS) is 16.1. The molecule has 26 heavy (non-hydrogen) atoms. The minimum Gasteiger partial charge on any atom is -0.493 e. The molecule has 140 valence electrons. The Morgan fingerprint density at radius 2 is 2.04 bits per heavy atom. The van der Waals surface area contributed by atoms with Crippen molar-refractivity contribution in [1.29, 1.82) is 0 Å². The lowest BCUT2D eigenvalue weighted by Gasteiger charge is -2.39. The summed E-state index contributed by atoms with van der Waals surface area (Å²) in [5, 5.41) is 6.16.